The van der Waals surface area contributed by atoms with Crippen molar-refractivity contribution in [3.05, 3.63) is 95.9 Å². The fraction of sp³-hybridized carbons (Fsp3) is 0.344. The molecule has 2 aromatic carbocycles. The number of methoxy groups -OCH3 is 1. The Kier molecular flexibility index (Phi) is 8.64. The summed E-state index contributed by atoms with van der Waals surface area (Å²) in [5, 5.41) is 0. The zero-order valence-corrected chi connectivity index (χ0v) is 23.0. The van der Waals surface area contributed by atoms with Crippen LogP contribution in [0.4, 0.5) is 0 Å². The molecule has 1 aliphatic rings. The van der Waals surface area contributed by atoms with Crippen LogP contribution >= 0.6 is 0 Å². The van der Waals surface area contributed by atoms with Gasteiger partial charge in [0.25, 0.3) is 0 Å². The van der Waals surface area contributed by atoms with Crippen molar-refractivity contribution in [1.82, 2.24) is 14.3 Å². The summed E-state index contributed by atoms with van der Waals surface area (Å²) < 4.78 is 19.0. The third-order valence-corrected chi connectivity index (χ3v) is 7.48. The molecule has 1 atom stereocenters. The first kappa shape index (κ1) is 27.2. The number of ether oxygens (including phenoxy) is 3. The maximum absolute atomic E-state index is 13.7. The van der Waals surface area contributed by atoms with Crippen LogP contribution in [0.25, 0.3) is 5.65 Å². The topological polar surface area (TPSA) is 82.4 Å². The van der Waals surface area contributed by atoms with E-state index < -0.39 is 0 Å². The lowest BCUT2D eigenvalue weighted by atomic mass is 9.90. The Balaban J connectivity index is 1.41. The van der Waals surface area contributed by atoms with Crippen molar-refractivity contribution < 1.29 is 23.8 Å². The average Bonchev–Trinajstić information content (AvgIpc) is 3.44. The molecular formula is C32H35N3O5. The lowest BCUT2D eigenvalue weighted by molar-refractivity contribution is -0.151. The van der Waals surface area contributed by atoms with Gasteiger partial charge in [0.15, 0.2) is 11.4 Å². The molecule has 1 amide bonds. The van der Waals surface area contributed by atoms with E-state index in [1.807, 2.05) is 95.3 Å². The van der Waals surface area contributed by atoms with Gasteiger partial charge < -0.3 is 23.5 Å². The summed E-state index contributed by atoms with van der Waals surface area (Å²) in [6.07, 6.45) is 5.24. The van der Waals surface area contributed by atoms with E-state index in [1.54, 1.807) is 7.11 Å². The minimum atomic E-state index is -0.300. The number of hydrogen-bond donors (Lipinski definition) is 0. The number of carbonyl (C=O) groups is 2. The number of carbonyl (C=O) groups excluding carboxylic acids is 2. The number of aromatic nitrogens is 2. The second-order valence-electron chi connectivity index (χ2n) is 9.93. The lowest BCUT2D eigenvalue weighted by Gasteiger charge is -2.32. The predicted octanol–water partition coefficient (Wildman–Crippen LogP) is 5.25. The number of hydrogen-bond acceptors (Lipinski definition) is 6. The lowest BCUT2D eigenvalue weighted by Crippen LogP contribution is -2.41. The summed E-state index contributed by atoms with van der Waals surface area (Å²) >= 11 is 0. The fourth-order valence-electron chi connectivity index (χ4n) is 5.37. The van der Waals surface area contributed by atoms with Gasteiger partial charge in [-0.3, -0.25) is 9.59 Å². The first-order valence-electron chi connectivity index (χ1n) is 13.8. The normalized spacial score (nSPS) is 14.6. The van der Waals surface area contributed by atoms with Crippen LogP contribution in [0.5, 0.6) is 11.5 Å². The van der Waals surface area contributed by atoms with E-state index >= 15 is 0 Å². The standard InChI is InChI=1S/C32H35N3O5/c1-3-39-32(37)24-15-18-34(19-16-24)30(36)20-26(25-12-7-8-13-28(25)38-2)27-21-33-31-29(14-9-17-35(27)31)40-22-23-10-5-4-6-11-23/h4-14,17,21,24,26H,3,15-16,18-20,22H2,1-2H3. The molecule has 1 saturated heterocycles. The molecule has 0 bridgehead atoms. The SMILES string of the molecule is CCOC(=O)C1CCN(C(=O)CC(c2ccccc2OC)c2cnc3c(OCc4ccccc4)cccn23)CC1. The Morgan fingerprint density at radius 1 is 0.975 bits per heavy atom. The Morgan fingerprint density at radius 3 is 2.45 bits per heavy atom. The van der Waals surface area contributed by atoms with Gasteiger partial charge in [0.2, 0.25) is 5.91 Å². The van der Waals surface area contributed by atoms with Crippen molar-refractivity contribution in [1.29, 1.82) is 0 Å². The quantitative estimate of drug-likeness (QED) is 0.255. The molecule has 8 heteroatoms. The number of piperidine rings is 1. The second-order valence-corrected chi connectivity index (χ2v) is 9.93. The smallest absolute Gasteiger partial charge is 0.309 e. The molecule has 0 N–H and O–H groups in total. The van der Waals surface area contributed by atoms with Gasteiger partial charge in [0.1, 0.15) is 12.4 Å². The molecule has 0 spiro atoms. The fourth-order valence-corrected chi connectivity index (χ4v) is 5.37. The van der Waals surface area contributed by atoms with Crippen LogP contribution in [0.2, 0.25) is 0 Å². The van der Waals surface area contributed by atoms with Crippen LogP contribution in [0.15, 0.2) is 79.1 Å². The Morgan fingerprint density at radius 2 is 1.70 bits per heavy atom. The van der Waals surface area contributed by atoms with E-state index in [2.05, 4.69) is 0 Å². The molecule has 5 rings (SSSR count). The summed E-state index contributed by atoms with van der Waals surface area (Å²) in [4.78, 5) is 32.4. The van der Waals surface area contributed by atoms with Gasteiger partial charge in [-0.25, -0.2) is 4.98 Å². The van der Waals surface area contributed by atoms with Crippen molar-refractivity contribution >= 4 is 17.5 Å². The molecule has 1 aliphatic heterocycles. The Bertz CT molecular complexity index is 1440. The van der Waals surface area contributed by atoms with E-state index in [0.29, 0.717) is 56.3 Å². The predicted molar refractivity (Wildman–Crippen MR) is 151 cm³/mol. The van der Waals surface area contributed by atoms with Crippen molar-refractivity contribution in [2.75, 3.05) is 26.8 Å². The molecule has 40 heavy (non-hydrogen) atoms. The van der Waals surface area contributed by atoms with E-state index in [-0.39, 0.29) is 30.1 Å². The second kappa shape index (κ2) is 12.7. The first-order valence-corrected chi connectivity index (χ1v) is 13.8. The van der Waals surface area contributed by atoms with Crippen molar-refractivity contribution in [3.8, 4) is 11.5 Å². The monoisotopic (exact) mass is 541 g/mol. The van der Waals surface area contributed by atoms with E-state index in [1.165, 1.54) is 0 Å². The molecule has 3 heterocycles. The number of benzene rings is 2. The minimum Gasteiger partial charge on any atom is -0.496 e. The molecule has 1 unspecified atom stereocenters. The van der Waals surface area contributed by atoms with Crippen LogP contribution in [0.1, 0.15) is 48.9 Å². The van der Waals surface area contributed by atoms with Crippen molar-refractivity contribution in [2.24, 2.45) is 5.92 Å². The van der Waals surface area contributed by atoms with E-state index in [4.69, 9.17) is 19.2 Å². The number of rotatable bonds is 10. The minimum absolute atomic E-state index is 0.0321. The van der Waals surface area contributed by atoms with Gasteiger partial charge in [0.05, 0.1) is 25.3 Å². The largest absolute Gasteiger partial charge is 0.496 e. The van der Waals surface area contributed by atoms with Crippen LogP contribution < -0.4 is 9.47 Å². The molecule has 208 valence electrons. The third-order valence-electron chi connectivity index (χ3n) is 7.48. The van der Waals surface area contributed by atoms with Crippen LogP contribution in [-0.4, -0.2) is 53.0 Å². The number of nitrogens with zero attached hydrogens (tertiary/aromatic N) is 3. The first-order chi connectivity index (χ1) is 19.6. The molecule has 0 radical (unpaired) electrons. The van der Waals surface area contributed by atoms with Crippen molar-refractivity contribution in [3.63, 3.8) is 0 Å². The highest BCUT2D eigenvalue weighted by Crippen LogP contribution is 2.36. The molecule has 1 fully saturated rings. The molecule has 0 aliphatic carbocycles. The highest BCUT2D eigenvalue weighted by atomic mass is 16.5. The average molecular weight is 542 g/mol. The number of esters is 1. The summed E-state index contributed by atoms with van der Waals surface area (Å²) in [6, 6.07) is 21.6. The van der Waals surface area contributed by atoms with Gasteiger partial charge in [-0.05, 0) is 43.5 Å². The van der Waals surface area contributed by atoms with Gasteiger partial charge in [-0.2, -0.15) is 0 Å². The zero-order valence-electron chi connectivity index (χ0n) is 23.0. The maximum Gasteiger partial charge on any atom is 0.309 e. The van der Waals surface area contributed by atoms with Gasteiger partial charge >= 0.3 is 5.97 Å². The molecule has 2 aromatic heterocycles. The van der Waals surface area contributed by atoms with Gasteiger partial charge in [-0.15, -0.1) is 0 Å². The number of fused-ring (bicyclic) bond motifs is 1. The van der Waals surface area contributed by atoms with Crippen LogP contribution in [0, 0.1) is 5.92 Å². The van der Waals surface area contributed by atoms with Gasteiger partial charge in [-0.1, -0.05) is 48.5 Å². The third kappa shape index (κ3) is 5.96. The van der Waals surface area contributed by atoms with Crippen LogP contribution in [0.3, 0.4) is 0 Å². The number of imidazole rings is 1. The zero-order chi connectivity index (χ0) is 27.9. The van der Waals surface area contributed by atoms with Crippen LogP contribution in [-0.2, 0) is 20.9 Å². The van der Waals surface area contributed by atoms with E-state index in [9.17, 15) is 9.59 Å². The summed E-state index contributed by atoms with van der Waals surface area (Å²) in [5.41, 5.74) is 3.55. The Hall–Kier alpha value is -4.33. The summed E-state index contributed by atoms with van der Waals surface area (Å²) in [6.45, 7) is 3.68. The molecule has 4 aromatic rings. The summed E-state index contributed by atoms with van der Waals surface area (Å²) in [5.74, 6) is 0.798. The van der Waals surface area contributed by atoms with E-state index in [0.717, 1.165) is 16.8 Å². The highest BCUT2D eigenvalue weighted by Gasteiger charge is 2.31. The molecule has 0 saturated carbocycles. The molecular weight excluding hydrogens is 506 g/mol. The maximum atomic E-state index is 13.7. The number of pyridine rings is 1. The summed E-state index contributed by atoms with van der Waals surface area (Å²) in [7, 11) is 1.64. The highest BCUT2D eigenvalue weighted by molar-refractivity contribution is 5.79. The Labute approximate surface area is 234 Å². The molecule has 8 nitrogen and oxygen atoms in total. The number of para-hydroxylation sites is 1. The number of likely N-dealkylation sites (tertiary alicyclic amines) is 1. The van der Waals surface area contributed by atoms with Gasteiger partial charge in [0, 0.05) is 43.4 Å². The van der Waals surface area contributed by atoms with Crippen molar-refractivity contribution in [2.45, 2.75) is 38.7 Å². The number of amides is 1.